The van der Waals surface area contributed by atoms with Crippen LogP contribution in [-0.4, -0.2) is 11.4 Å². The summed E-state index contributed by atoms with van der Waals surface area (Å²) < 4.78 is 0. The van der Waals surface area contributed by atoms with Gasteiger partial charge in [0.25, 0.3) is 0 Å². The molecule has 2 nitrogen and oxygen atoms in total. The second kappa shape index (κ2) is 6.04. The first-order valence-corrected chi connectivity index (χ1v) is 4.44. The fraction of sp³-hybridized carbons (Fsp3) is 0.900. The number of amides is 1. The molecule has 0 aromatic rings. The minimum Gasteiger partial charge on any atom is -0.352 e. The largest absolute Gasteiger partial charge is 0.352 e. The SMILES string of the molecule is CC(=O)NC(C)(C)C.CC(C)C. The van der Waals surface area contributed by atoms with Crippen molar-refractivity contribution in [3.05, 3.63) is 0 Å². The van der Waals surface area contributed by atoms with Crippen molar-refractivity contribution >= 4 is 5.91 Å². The number of hydrogen-bond acceptors (Lipinski definition) is 1. The molecule has 0 spiro atoms. The van der Waals surface area contributed by atoms with Crippen LogP contribution in [0.2, 0.25) is 0 Å². The molecule has 0 aliphatic carbocycles. The Kier molecular flexibility index (Phi) is 7.05. The summed E-state index contributed by atoms with van der Waals surface area (Å²) in [6.07, 6.45) is 0. The summed E-state index contributed by atoms with van der Waals surface area (Å²) >= 11 is 0. The van der Waals surface area contributed by atoms with Gasteiger partial charge in [-0.2, -0.15) is 0 Å². The Bertz CT molecular complexity index is 120. The number of nitrogens with one attached hydrogen (secondary N) is 1. The molecule has 0 bridgehead atoms. The highest BCUT2D eigenvalue weighted by Gasteiger charge is 2.08. The van der Waals surface area contributed by atoms with Crippen LogP contribution in [0.5, 0.6) is 0 Å². The van der Waals surface area contributed by atoms with Gasteiger partial charge in [-0.15, -0.1) is 0 Å². The summed E-state index contributed by atoms with van der Waals surface area (Å²) in [6.45, 7) is 13.9. The average molecular weight is 173 g/mol. The molecule has 0 unspecified atom stereocenters. The predicted octanol–water partition coefficient (Wildman–Crippen LogP) is 2.58. The van der Waals surface area contributed by atoms with Crippen LogP contribution in [0.4, 0.5) is 0 Å². The second-order valence-electron chi connectivity index (χ2n) is 4.66. The van der Waals surface area contributed by atoms with Crippen LogP contribution in [0.1, 0.15) is 48.5 Å². The molecule has 0 saturated heterocycles. The Labute approximate surface area is 76.7 Å². The highest BCUT2D eigenvalue weighted by atomic mass is 16.1. The van der Waals surface area contributed by atoms with Gasteiger partial charge in [-0.1, -0.05) is 20.8 Å². The smallest absolute Gasteiger partial charge is 0.217 e. The lowest BCUT2D eigenvalue weighted by atomic mass is 10.1. The first-order valence-electron chi connectivity index (χ1n) is 4.44. The lowest BCUT2D eigenvalue weighted by Gasteiger charge is -2.18. The molecule has 1 amide bonds. The number of rotatable bonds is 0. The van der Waals surface area contributed by atoms with Crippen LogP contribution >= 0.6 is 0 Å². The van der Waals surface area contributed by atoms with Gasteiger partial charge in [0.15, 0.2) is 0 Å². The normalized spacial score (nSPS) is 10.3. The standard InChI is InChI=1S/C6H13NO.C4H10/c1-5(8)7-6(2,3)4;1-4(2)3/h1-4H3,(H,7,8);4H,1-3H3. The molecule has 0 heterocycles. The Balaban J connectivity index is 0. The molecule has 0 fully saturated rings. The van der Waals surface area contributed by atoms with Crippen molar-refractivity contribution in [1.29, 1.82) is 0 Å². The van der Waals surface area contributed by atoms with E-state index in [1.54, 1.807) is 0 Å². The maximum atomic E-state index is 10.3. The minimum absolute atomic E-state index is 0.0255. The van der Waals surface area contributed by atoms with Crippen LogP contribution in [0, 0.1) is 5.92 Å². The lowest BCUT2D eigenvalue weighted by molar-refractivity contribution is -0.120. The molecular weight excluding hydrogens is 150 g/mol. The molecule has 0 aliphatic heterocycles. The van der Waals surface area contributed by atoms with E-state index in [1.807, 2.05) is 20.8 Å². The van der Waals surface area contributed by atoms with Crippen molar-refractivity contribution in [2.75, 3.05) is 0 Å². The Morgan fingerprint density at radius 1 is 1.17 bits per heavy atom. The van der Waals surface area contributed by atoms with Crippen LogP contribution in [0.3, 0.4) is 0 Å². The van der Waals surface area contributed by atoms with Gasteiger partial charge >= 0.3 is 0 Å². The molecule has 0 aliphatic rings. The second-order valence-corrected chi connectivity index (χ2v) is 4.66. The van der Waals surface area contributed by atoms with Gasteiger partial charge in [0, 0.05) is 12.5 Å². The highest BCUT2D eigenvalue weighted by Crippen LogP contribution is 1.96. The maximum Gasteiger partial charge on any atom is 0.217 e. The lowest BCUT2D eigenvalue weighted by Crippen LogP contribution is -2.38. The Hall–Kier alpha value is -0.530. The van der Waals surface area contributed by atoms with E-state index in [9.17, 15) is 4.79 Å². The summed E-state index contributed by atoms with van der Waals surface area (Å²) in [5.74, 6) is 0.859. The third-order valence-corrected chi connectivity index (χ3v) is 0.551. The topological polar surface area (TPSA) is 29.1 Å². The third kappa shape index (κ3) is 34.0. The maximum absolute atomic E-state index is 10.3. The van der Waals surface area contributed by atoms with Gasteiger partial charge in [-0.3, -0.25) is 4.79 Å². The third-order valence-electron chi connectivity index (χ3n) is 0.551. The Morgan fingerprint density at radius 2 is 1.42 bits per heavy atom. The summed E-state index contributed by atoms with van der Waals surface area (Å²) in [4.78, 5) is 10.3. The molecule has 12 heavy (non-hydrogen) atoms. The molecule has 0 saturated carbocycles. The summed E-state index contributed by atoms with van der Waals surface area (Å²) in [6, 6.07) is 0. The highest BCUT2D eigenvalue weighted by molar-refractivity contribution is 5.73. The van der Waals surface area contributed by atoms with Crippen molar-refractivity contribution in [2.24, 2.45) is 5.92 Å². The molecule has 0 rings (SSSR count). The molecule has 0 atom stereocenters. The predicted molar refractivity (Wildman–Crippen MR) is 54.1 cm³/mol. The van der Waals surface area contributed by atoms with E-state index in [1.165, 1.54) is 6.92 Å². The first-order chi connectivity index (χ1) is 5.15. The van der Waals surface area contributed by atoms with Gasteiger partial charge in [-0.25, -0.2) is 0 Å². The monoisotopic (exact) mass is 173 g/mol. The minimum atomic E-state index is -0.0775. The van der Waals surface area contributed by atoms with E-state index >= 15 is 0 Å². The van der Waals surface area contributed by atoms with Crippen molar-refractivity contribution in [1.82, 2.24) is 5.32 Å². The molecule has 2 heteroatoms. The fourth-order valence-electron chi connectivity index (χ4n) is 0.528. The fourth-order valence-corrected chi connectivity index (χ4v) is 0.528. The molecule has 0 aromatic carbocycles. The van der Waals surface area contributed by atoms with E-state index in [0.29, 0.717) is 0 Å². The van der Waals surface area contributed by atoms with Crippen LogP contribution in [0.25, 0.3) is 0 Å². The van der Waals surface area contributed by atoms with E-state index < -0.39 is 0 Å². The van der Waals surface area contributed by atoms with Crippen LogP contribution < -0.4 is 5.32 Å². The Morgan fingerprint density at radius 3 is 1.42 bits per heavy atom. The van der Waals surface area contributed by atoms with E-state index in [4.69, 9.17) is 0 Å². The summed E-state index contributed by atoms with van der Waals surface area (Å²) in [5, 5.41) is 2.74. The zero-order valence-corrected chi connectivity index (χ0v) is 9.49. The van der Waals surface area contributed by atoms with Crippen LogP contribution in [-0.2, 0) is 4.79 Å². The number of carbonyl (C=O) groups excluding carboxylic acids is 1. The van der Waals surface area contributed by atoms with Crippen molar-refractivity contribution < 1.29 is 4.79 Å². The van der Waals surface area contributed by atoms with Gasteiger partial charge in [0.2, 0.25) is 5.91 Å². The van der Waals surface area contributed by atoms with E-state index in [2.05, 4.69) is 26.1 Å². The molecule has 74 valence electrons. The van der Waals surface area contributed by atoms with Crippen LogP contribution in [0.15, 0.2) is 0 Å². The average Bonchev–Trinajstić information content (AvgIpc) is 1.52. The van der Waals surface area contributed by atoms with Crippen molar-refractivity contribution in [2.45, 2.75) is 54.0 Å². The van der Waals surface area contributed by atoms with Gasteiger partial charge in [0.1, 0.15) is 0 Å². The number of carbonyl (C=O) groups is 1. The zero-order chi connectivity index (χ0) is 10.4. The molecule has 0 aromatic heterocycles. The van der Waals surface area contributed by atoms with Crippen molar-refractivity contribution in [3.63, 3.8) is 0 Å². The summed E-state index contributed by atoms with van der Waals surface area (Å²) in [5.41, 5.74) is -0.0775. The zero-order valence-electron chi connectivity index (χ0n) is 9.49. The quantitative estimate of drug-likeness (QED) is 0.599. The van der Waals surface area contributed by atoms with Crippen molar-refractivity contribution in [3.8, 4) is 0 Å². The van der Waals surface area contributed by atoms with Gasteiger partial charge < -0.3 is 5.32 Å². The molecular formula is C10H23NO. The molecule has 1 N–H and O–H groups in total. The van der Waals surface area contributed by atoms with Gasteiger partial charge in [0.05, 0.1) is 0 Å². The van der Waals surface area contributed by atoms with E-state index in [0.717, 1.165) is 5.92 Å². The van der Waals surface area contributed by atoms with Gasteiger partial charge in [-0.05, 0) is 26.7 Å². The molecule has 0 radical (unpaired) electrons. The van der Waals surface area contributed by atoms with E-state index in [-0.39, 0.29) is 11.4 Å². The first kappa shape index (κ1) is 14.0. The summed E-state index contributed by atoms with van der Waals surface area (Å²) in [7, 11) is 0. The number of hydrogen-bond donors (Lipinski definition) is 1.